The minimum atomic E-state index is -4.72. The van der Waals surface area contributed by atoms with Crippen molar-refractivity contribution >= 4 is 26.0 Å². The number of rotatable bonds is 11. The summed E-state index contributed by atoms with van der Waals surface area (Å²) < 4.78 is 92.8. The molecule has 1 aromatic rings. The number of sulfonamides is 2. The molecule has 206 valence electrons. The molecular weight excluding hydrogens is 521 g/mol. The van der Waals surface area contributed by atoms with Crippen molar-refractivity contribution in [1.82, 2.24) is 19.2 Å². The van der Waals surface area contributed by atoms with E-state index in [9.17, 15) is 34.8 Å². The van der Waals surface area contributed by atoms with Gasteiger partial charge in [0.15, 0.2) is 0 Å². The molecule has 1 aromatic carbocycles. The van der Waals surface area contributed by atoms with Crippen molar-refractivity contribution in [3.8, 4) is 0 Å². The van der Waals surface area contributed by atoms with Crippen LogP contribution in [0.5, 0.6) is 0 Å². The topological polar surface area (TPSA) is 116 Å². The van der Waals surface area contributed by atoms with E-state index >= 15 is 0 Å². The first kappa shape index (κ1) is 30.5. The Labute approximate surface area is 211 Å². The van der Waals surface area contributed by atoms with Gasteiger partial charge in [0, 0.05) is 32.2 Å². The van der Waals surface area contributed by atoms with Crippen LogP contribution in [0.4, 0.5) is 13.2 Å². The van der Waals surface area contributed by atoms with E-state index in [-0.39, 0.29) is 51.0 Å². The maximum Gasteiger partial charge on any atom is 0.416 e. The molecule has 2 rings (SSSR count). The molecule has 9 nitrogen and oxygen atoms in total. The Bertz CT molecular complexity index is 1100. The predicted octanol–water partition coefficient (Wildman–Crippen LogP) is 1.87. The summed E-state index contributed by atoms with van der Waals surface area (Å²) in [7, 11) is -6.30. The van der Waals surface area contributed by atoms with E-state index in [0.29, 0.717) is 18.4 Å². The van der Waals surface area contributed by atoms with Crippen LogP contribution >= 0.6 is 0 Å². The van der Waals surface area contributed by atoms with Crippen LogP contribution in [0.15, 0.2) is 29.2 Å². The molecule has 1 amide bonds. The van der Waals surface area contributed by atoms with Gasteiger partial charge in [0.25, 0.3) is 0 Å². The molecule has 36 heavy (non-hydrogen) atoms. The van der Waals surface area contributed by atoms with Gasteiger partial charge in [-0.25, -0.2) is 21.6 Å². The number of halogens is 3. The molecule has 1 saturated heterocycles. The predicted molar refractivity (Wildman–Crippen MR) is 130 cm³/mol. The van der Waals surface area contributed by atoms with Crippen LogP contribution in [-0.2, 0) is 31.0 Å². The number of carbonyl (C=O) groups is 1. The summed E-state index contributed by atoms with van der Waals surface area (Å²) >= 11 is 0. The maximum atomic E-state index is 13.4. The SMILES string of the molecule is CN[C@@H](CC(C)C)C(=O)N1CCC(N(CCNS(C)(=O)=O)S(=O)(=O)c2cccc(C(F)(F)F)c2)CC1. The fraction of sp³-hybridized carbons (Fsp3) is 0.682. The Morgan fingerprint density at radius 1 is 1.17 bits per heavy atom. The zero-order valence-corrected chi connectivity index (χ0v) is 22.5. The number of benzene rings is 1. The van der Waals surface area contributed by atoms with Crippen LogP contribution in [0.25, 0.3) is 0 Å². The smallest absolute Gasteiger partial charge is 0.341 e. The van der Waals surface area contributed by atoms with Gasteiger partial charge in [-0.1, -0.05) is 19.9 Å². The van der Waals surface area contributed by atoms with E-state index in [1.54, 1.807) is 11.9 Å². The number of carbonyl (C=O) groups excluding carboxylic acids is 1. The first-order valence-corrected chi connectivity index (χ1v) is 15.0. The number of alkyl halides is 3. The van der Waals surface area contributed by atoms with E-state index in [1.165, 1.54) is 0 Å². The summed E-state index contributed by atoms with van der Waals surface area (Å²) in [6.45, 7) is 4.04. The van der Waals surface area contributed by atoms with Gasteiger partial charge in [-0.2, -0.15) is 17.5 Å². The number of likely N-dealkylation sites (N-methyl/N-ethyl adjacent to an activating group) is 1. The third-order valence-corrected chi connectivity index (χ3v) is 8.68. The van der Waals surface area contributed by atoms with Gasteiger partial charge in [0.2, 0.25) is 26.0 Å². The molecule has 0 aliphatic carbocycles. The molecule has 1 fully saturated rings. The van der Waals surface area contributed by atoms with E-state index in [4.69, 9.17) is 0 Å². The first-order valence-electron chi connectivity index (χ1n) is 11.7. The van der Waals surface area contributed by atoms with Gasteiger partial charge < -0.3 is 10.2 Å². The van der Waals surface area contributed by atoms with Crippen molar-refractivity contribution in [3.05, 3.63) is 29.8 Å². The van der Waals surface area contributed by atoms with Crippen molar-refractivity contribution in [1.29, 1.82) is 0 Å². The summed E-state index contributed by atoms with van der Waals surface area (Å²) in [6.07, 6.45) is -2.62. The average molecular weight is 557 g/mol. The Kier molecular flexibility index (Phi) is 10.3. The van der Waals surface area contributed by atoms with Crippen LogP contribution < -0.4 is 10.0 Å². The summed E-state index contributed by atoms with van der Waals surface area (Å²) in [5.41, 5.74) is -1.10. The largest absolute Gasteiger partial charge is 0.416 e. The summed E-state index contributed by atoms with van der Waals surface area (Å²) in [5.74, 6) is 0.204. The monoisotopic (exact) mass is 556 g/mol. The second kappa shape index (κ2) is 12.2. The summed E-state index contributed by atoms with van der Waals surface area (Å²) in [5, 5.41) is 3.02. The van der Waals surface area contributed by atoms with E-state index in [2.05, 4.69) is 10.0 Å². The number of nitrogens with zero attached hydrogens (tertiary/aromatic N) is 2. The van der Waals surface area contributed by atoms with Crippen LogP contribution in [0.1, 0.15) is 38.7 Å². The van der Waals surface area contributed by atoms with Crippen molar-refractivity contribution in [2.75, 3.05) is 39.5 Å². The van der Waals surface area contributed by atoms with Crippen molar-refractivity contribution in [3.63, 3.8) is 0 Å². The average Bonchev–Trinajstić information content (AvgIpc) is 2.78. The lowest BCUT2D eigenvalue weighted by Crippen LogP contribution is -2.53. The first-order chi connectivity index (χ1) is 16.6. The number of amides is 1. The molecule has 0 saturated carbocycles. The second-order valence-electron chi connectivity index (χ2n) is 9.34. The highest BCUT2D eigenvalue weighted by atomic mass is 32.2. The third kappa shape index (κ3) is 8.40. The van der Waals surface area contributed by atoms with Crippen LogP contribution in [0.3, 0.4) is 0 Å². The normalized spacial score (nSPS) is 17.1. The third-order valence-electron chi connectivity index (χ3n) is 6.00. The Balaban J connectivity index is 2.27. The highest BCUT2D eigenvalue weighted by Gasteiger charge is 2.37. The van der Waals surface area contributed by atoms with Gasteiger partial charge in [-0.3, -0.25) is 4.79 Å². The lowest BCUT2D eigenvalue weighted by atomic mass is 10.00. The molecule has 0 radical (unpaired) electrons. The molecule has 1 aliphatic heterocycles. The Morgan fingerprint density at radius 2 is 1.78 bits per heavy atom. The molecule has 0 spiro atoms. The molecule has 14 heteroatoms. The minimum Gasteiger partial charge on any atom is -0.341 e. The standard InChI is InChI=1S/C22H35F3N4O5S2/c1-16(2)14-20(26-3)21(30)28-11-8-18(9-12-28)29(13-10-27-35(4,31)32)36(33,34)19-7-5-6-17(15-19)22(23,24)25/h5-7,15-16,18,20,26-27H,8-14H2,1-4H3/t20-/m0/s1. The van der Waals surface area contributed by atoms with Gasteiger partial charge in [0.1, 0.15) is 0 Å². The van der Waals surface area contributed by atoms with Crippen molar-refractivity contribution in [2.45, 2.75) is 56.3 Å². The number of nitrogens with one attached hydrogen (secondary N) is 2. The fourth-order valence-electron chi connectivity index (χ4n) is 4.22. The van der Waals surface area contributed by atoms with Crippen molar-refractivity contribution in [2.24, 2.45) is 5.92 Å². The van der Waals surface area contributed by atoms with E-state index in [1.807, 2.05) is 13.8 Å². The molecule has 0 bridgehead atoms. The van der Waals surface area contributed by atoms with E-state index < -0.39 is 42.7 Å². The highest BCUT2D eigenvalue weighted by molar-refractivity contribution is 7.89. The molecule has 1 atom stereocenters. The number of piperidine rings is 1. The zero-order chi connectivity index (χ0) is 27.3. The lowest BCUT2D eigenvalue weighted by molar-refractivity contribution is -0.137. The Morgan fingerprint density at radius 3 is 2.28 bits per heavy atom. The number of hydrogen-bond donors (Lipinski definition) is 2. The molecule has 1 aliphatic rings. The number of likely N-dealkylation sites (tertiary alicyclic amines) is 1. The van der Waals surface area contributed by atoms with Gasteiger partial charge in [-0.15, -0.1) is 0 Å². The van der Waals surface area contributed by atoms with Crippen LogP contribution in [-0.4, -0.2) is 83.5 Å². The maximum absolute atomic E-state index is 13.4. The van der Waals surface area contributed by atoms with Gasteiger partial charge in [-0.05, 0) is 50.4 Å². The zero-order valence-electron chi connectivity index (χ0n) is 20.9. The molecule has 2 N–H and O–H groups in total. The molecule has 0 unspecified atom stereocenters. The number of hydrogen-bond acceptors (Lipinski definition) is 6. The Hall–Kier alpha value is -1.74. The quantitative estimate of drug-likeness (QED) is 0.430. The van der Waals surface area contributed by atoms with Crippen LogP contribution in [0.2, 0.25) is 0 Å². The second-order valence-corrected chi connectivity index (χ2v) is 13.1. The van der Waals surface area contributed by atoms with Gasteiger partial charge in [0.05, 0.1) is 22.8 Å². The van der Waals surface area contributed by atoms with E-state index in [0.717, 1.165) is 28.8 Å². The molecule has 1 heterocycles. The van der Waals surface area contributed by atoms with Crippen LogP contribution in [0, 0.1) is 5.92 Å². The van der Waals surface area contributed by atoms with Gasteiger partial charge >= 0.3 is 6.18 Å². The van der Waals surface area contributed by atoms with Crippen molar-refractivity contribution < 1.29 is 34.8 Å². The minimum absolute atomic E-state index is 0.0873. The highest BCUT2D eigenvalue weighted by Crippen LogP contribution is 2.32. The summed E-state index contributed by atoms with van der Waals surface area (Å²) in [6, 6.07) is 2.49. The molecule has 0 aromatic heterocycles. The molecular formula is C22H35F3N4O5S2. The summed E-state index contributed by atoms with van der Waals surface area (Å²) in [4.78, 5) is 14.1. The lowest BCUT2D eigenvalue weighted by Gasteiger charge is -2.39. The fourth-order valence-corrected chi connectivity index (χ4v) is 6.41.